The van der Waals surface area contributed by atoms with E-state index in [4.69, 9.17) is 9.47 Å². The number of nitrogens with one attached hydrogen (secondary N) is 1. The zero-order valence-corrected chi connectivity index (χ0v) is 17.3. The summed E-state index contributed by atoms with van der Waals surface area (Å²) in [7, 11) is 1.60. The molecular formula is C18H30Cl2N2O3. The number of rotatable bonds is 4. The number of piperazine rings is 1. The molecule has 1 aromatic carbocycles. The third-order valence-corrected chi connectivity index (χ3v) is 4.09. The van der Waals surface area contributed by atoms with E-state index < -0.39 is 0 Å². The highest BCUT2D eigenvalue weighted by Crippen LogP contribution is 2.41. The Kier molecular flexibility index (Phi) is 9.80. The first kappa shape index (κ1) is 24.0. The van der Waals surface area contributed by atoms with Crippen molar-refractivity contribution in [3.05, 3.63) is 23.8 Å². The van der Waals surface area contributed by atoms with Gasteiger partial charge in [0.2, 0.25) is 0 Å². The highest BCUT2D eigenvalue weighted by Gasteiger charge is 2.33. The minimum atomic E-state index is -0.342. The van der Waals surface area contributed by atoms with Gasteiger partial charge < -0.3 is 14.8 Å². The monoisotopic (exact) mass is 392 g/mol. The van der Waals surface area contributed by atoms with Crippen molar-refractivity contribution in [2.75, 3.05) is 33.3 Å². The van der Waals surface area contributed by atoms with Crippen molar-refractivity contribution in [3.8, 4) is 11.5 Å². The van der Waals surface area contributed by atoms with Crippen LogP contribution in [-0.2, 0) is 4.79 Å². The Balaban J connectivity index is 0.00000288. The number of hydrogen-bond acceptors (Lipinski definition) is 5. The first-order valence-electron chi connectivity index (χ1n) is 8.14. The fraction of sp³-hybridized carbons (Fsp3) is 0.611. The second-order valence-electron chi connectivity index (χ2n) is 7.06. The van der Waals surface area contributed by atoms with Gasteiger partial charge in [0.15, 0.2) is 11.5 Å². The molecule has 0 aliphatic carbocycles. The summed E-state index contributed by atoms with van der Waals surface area (Å²) in [5.41, 5.74) is 1.28. The van der Waals surface area contributed by atoms with Crippen LogP contribution in [0.3, 0.4) is 0 Å². The van der Waals surface area contributed by atoms with Crippen LogP contribution in [0.25, 0.3) is 0 Å². The molecule has 0 aromatic heterocycles. The molecule has 1 N–H and O–H groups in total. The highest BCUT2D eigenvalue weighted by atomic mass is 35.5. The molecule has 2 rings (SSSR count). The molecule has 1 aliphatic heterocycles. The standard InChI is InChI=1S/C18H28N2O3.2ClH/c1-13(21)23-15-7-6-14(12-16(15)22-5)17(18(2,3)4)20-10-8-19-9-11-20;;/h6-7,12,17,19H,8-11H2,1-5H3;2*1H/t17-;;/m1../s1. The minimum absolute atomic E-state index is 0. The number of benzene rings is 1. The van der Waals surface area contributed by atoms with Gasteiger partial charge in [-0.05, 0) is 23.1 Å². The van der Waals surface area contributed by atoms with E-state index in [9.17, 15) is 4.79 Å². The summed E-state index contributed by atoms with van der Waals surface area (Å²) in [4.78, 5) is 13.7. The third kappa shape index (κ3) is 6.33. The van der Waals surface area contributed by atoms with E-state index >= 15 is 0 Å². The van der Waals surface area contributed by atoms with Crippen LogP contribution < -0.4 is 14.8 Å². The van der Waals surface area contributed by atoms with Crippen molar-refractivity contribution in [1.82, 2.24) is 10.2 Å². The van der Waals surface area contributed by atoms with Crippen molar-refractivity contribution in [3.63, 3.8) is 0 Å². The molecule has 1 aliphatic rings. The number of carbonyl (C=O) groups is 1. The number of hydrogen-bond donors (Lipinski definition) is 1. The van der Waals surface area contributed by atoms with Gasteiger partial charge in [-0.2, -0.15) is 0 Å². The summed E-state index contributed by atoms with van der Waals surface area (Å²) < 4.78 is 10.6. The number of methoxy groups -OCH3 is 1. The van der Waals surface area contributed by atoms with Crippen LogP contribution in [0.4, 0.5) is 0 Å². The largest absolute Gasteiger partial charge is 0.493 e. The van der Waals surface area contributed by atoms with E-state index in [0.717, 1.165) is 26.2 Å². The molecular weight excluding hydrogens is 363 g/mol. The normalized spacial score (nSPS) is 16.2. The average molecular weight is 393 g/mol. The number of ether oxygens (including phenoxy) is 2. The zero-order valence-electron chi connectivity index (χ0n) is 15.6. The summed E-state index contributed by atoms with van der Waals surface area (Å²) in [6.45, 7) is 12.2. The summed E-state index contributed by atoms with van der Waals surface area (Å²) in [5.74, 6) is 0.726. The van der Waals surface area contributed by atoms with Gasteiger partial charge in [-0.1, -0.05) is 26.8 Å². The summed E-state index contributed by atoms with van der Waals surface area (Å²) in [6.07, 6.45) is 0. The summed E-state index contributed by atoms with van der Waals surface area (Å²) in [6, 6.07) is 6.15. The second kappa shape index (κ2) is 10.2. The molecule has 1 saturated heterocycles. The lowest BCUT2D eigenvalue weighted by atomic mass is 9.81. The van der Waals surface area contributed by atoms with E-state index in [2.05, 4.69) is 31.0 Å². The molecule has 1 fully saturated rings. The predicted molar refractivity (Wildman–Crippen MR) is 105 cm³/mol. The molecule has 0 bridgehead atoms. The summed E-state index contributed by atoms with van der Waals surface area (Å²) in [5, 5.41) is 3.40. The number of nitrogens with zero attached hydrogens (tertiary/aromatic N) is 1. The van der Waals surface area contributed by atoms with Gasteiger partial charge in [0.1, 0.15) is 0 Å². The van der Waals surface area contributed by atoms with Gasteiger partial charge in [-0.25, -0.2) is 0 Å². The maximum absolute atomic E-state index is 11.2. The van der Waals surface area contributed by atoms with Gasteiger partial charge in [-0.15, -0.1) is 24.8 Å². The van der Waals surface area contributed by atoms with Crippen LogP contribution in [0.1, 0.15) is 39.3 Å². The van der Waals surface area contributed by atoms with Crippen molar-refractivity contribution >= 4 is 30.8 Å². The van der Waals surface area contributed by atoms with Crippen LogP contribution in [0.5, 0.6) is 11.5 Å². The molecule has 5 nitrogen and oxygen atoms in total. The summed E-state index contributed by atoms with van der Waals surface area (Å²) >= 11 is 0. The second-order valence-corrected chi connectivity index (χ2v) is 7.06. The molecule has 1 atom stereocenters. The molecule has 0 saturated carbocycles. The van der Waals surface area contributed by atoms with E-state index in [1.165, 1.54) is 12.5 Å². The molecule has 144 valence electrons. The van der Waals surface area contributed by atoms with Crippen LogP contribution in [-0.4, -0.2) is 44.2 Å². The van der Waals surface area contributed by atoms with Gasteiger partial charge in [-0.3, -0.25) is 9.69 Å². The topological polar surface area (TPSA) is 50.8 Å². The smallest absolute Gasteiger partial charge is 0.308 e. The number of halogens is 2. The average Bonchev–Trinajstić information content (AvgIpc) is 2.48. The Morgan fingerprint density at radius 3 is 2.24 bits per heavy atom. The van der Waals surface area contributed by atoms with Gasteiger partial charge in [0.05, 0.1) is 7.11 Å². The van der Waals surface area contributed by atoms with Crippen molar-refractivity contribution in [1.29, 1.82) is 0 Å². The quantitative estimate of drug-likeness (QED) is 0.627. The third-order valence-electron chi connectivity index (χ3n) is 4.09. The van der Waals surface area contributed by atoms with Crippen LogP contribution in [0, 0.1) is 5.41 Å². The van der Waals surface area contributed by atoms with E-state index in [1.54, 1.807) is 7.11 Å². The molecule has 25 heavy (non-hydrogen) atoms. The minimum Gasteiger partial charge on any atom is -0.493 e. The van der Waals surface area contributed by atoms with Gasteiger partial charge >= 0.3 is 5.97 Å². The fourth-order valence-electron chi connectivity index (χ4n) is 3.29. The van der Waals surface area contributed by atoms with Crippen molar-refractivity contribution in [2.24, 2.45) is 5.41 Å². The first-order valence-corrected chi connectivity index (χ1v) is 8.14. The Hall–Kier alpha value is -1.01. The SMILES string of the molecule is COc1cc([C@@H](N2CCNCC2)C(C)(C)C)ccc1OC(C)=O.Cl.Cl. The Morgan fingerprint density at radius 2 is 1.76 bits per heavy atom. The van der Waals surface area contributed by atoms with Crippen LogP contribution in [0.2, 0.25) is 0 Å². The molecule has 0 spiro atoms. The van der Waals surface area contributed by atoms with Crippen molar-refractivity contribution < 1.29 is 14.3 Å². The highest BCUT2D eigenvalue weighted by molar-refractivity contribution is 5.85. The molecule has 1 aromatic rings. The predicted octanol–water partition coefficient (Wildman–Crippen LogP) is 3.46. The lowest BCUT2D eigenvalue weighted by molar-refractivity contribution is -0.132. The van der Waals surface area contributed by atoms with Crippen molar-refractivity contribution in [2.45, 2.75) is 33.7 Å². The van der Waals surface area contributed by atoms with Gasteiger partial charge in [0, 0.05) is 39.1 Å². The Labute approximate surface area is 163 Å². The van der Waals surface area contributed by atoms with E-state index in [1.807, 2.05) is 18.2 Å². The first-order chi connectivity index (χ1) is 10.8. The molecule has 0 radical (unpaired) electrons. The molecule has 0 unspecified atom stereocenters. The molecule has 0 amide bonds. The Bertz CT molecular complexity index is 556. The van der Waals surface area contributed by atoms with Crippen LogP contribution >= 0.6 is 24.8 Å². The Morgan fingerprint density at radius 1 is 1.16 bits per heavy atom. The lowest BCUT2D eigenvalue weighted by Gasteiger charge is -2.42. The number of carbonyl (C=O) groups excluding carboxylic acids is 1. The maximum Gasteiger partial charge on any atom is 0.308 e. The van der Waals surface area contributed by atoms with E-state index in [-0.39, 0.29) is 42.2 Å². The number of esters is 1. The van der Waals surface area contributed by atoms with Crippen LogP contribution in [0.15, 0.2) is 18.2 Å². The van der Waals surface area contributed by atoms with E-state index in [0.29, 0.717) is 11.5 Å². The molecule has 7 heteroatoms. The molecule has 1 heterocycles. The van der Waals surface area contributed by atoms with Gasteiger partial charge in [0.25, 0.3) is 0 Å². The maximum atomic E-state index is 11.2. The lowest BCUT2D eigenvalue weighted by Crippen LogP contribution is -2.48. The fourth-order valence-corrected chi connectivity index (χ4v) is 3.29. The zero-order chi connectivity index (χ0) is 17.0.